The van der Waals surface area contributed by atoms with E-state index in [4.69, 9.17) is 33.0 Å². The largest absolute Gasteiger partial charge is 0.497 e. The van der Waals surface area contributed by atoms with Crippen LogP contribution >= 0.6 is 7.60 Å². The molecule has 1 aliphatic carbocycles. The molecule has 1 saturated carbocycles. The summed E-state index contributed by atoms with van der Waals surface area (Å²) in [5.74, 6) is -1.92. The van der Waals surface area contributed by atoms with Gasteiger partial charge in [0.05, 0.1) is 31.5 Å². The highest BCUT2D eigenvalue weighted by atomic mass is 31.2. The van der Waals surface area contributed by atoms with Crippen molar-refractivity contribution in [3.8, 4) is 28.5 Å². The van der Waals surface area contributed by atoms with Gasteiger partial charge < -0.3 is 39.0 Å². The predicted octanol–water partition coefficient (Wildman–Crippen LogP) is 8.82. The summed E-state index contributed by atoms with van der Waals surface area (Å²) in [4.78, 5) is 62.3. The fourth-order valence-corrected chi connectivity index (χ4v) is 10.1. The van der Waals surface area contributed by atoms with Gasteiger partial charge in [-0.1, -0.05) is 82.6 Å². The van der Waals surface area contributed by atoms with Crippen LogP contribution in [-0.2, 0) is 32.9 Å². The number of methoxy groups -OCH3 is 1. The van der Waals surface area contributed by atoms with Crippen molar-refractivity contribution < 1.29 is 51.7 Å². The number of amides is 3. The lowest BCUT2D eigenvalue weighted by atomic mass is 9.85. The molecule has 2 fully saturated rings. The lowest BCUT2D eigenvalue weighted by Gasteiger charge is -2.36. The van der Waals surface area contributed by atoms with Gasteiger partial charge in [-0.25, -0.2) is 19.1 Å². The minimum Gasteiger partial charge on any atom is -0.497 e. The van der Waals surface area contributed by atoms with Gasteiger partial charge in [0.15, 0.2) is 6.10 Å². The van der Waals surface area contributed by atoms with Crippen LogP contribution in [0.1, 0.15) is 86.5 Å². The van der Waals surface area contributed by atoms with Crippen LogP contribution in [0.4, 0.5) is 4.79 Å². The van der Waals surface area contributed by atoms with Gasteiger partial charge in [0.2, 0.25) is 11.8 Å². The molecule has 64 heavy (non-hydrogen) atoms. The maximum absolute atomic E-state index is 15.0. The topological polar surface area (TPSA) is 181 Å². The number of benzene rings is 3. The number of nitrogens with one attached hydrogen (secondary N) is 2. The van der Waals surface area contributed by atoms with Gasteiger partial charge in [0.25, 0.3) is 0 Å². The molecule has 6 rings (SSSR count). The maximum atomic E-state index is 15.0. The summed E-state index contributed by atoms with van der Waals surface area (Å²) in [7, 11) is -2.84. The Kier molecular flexibility index (Phi) is 15.9. The number of alkyl carbamates (subject to hydrolysis) is 1. The van der Waals surface area contributed by atoms with Crippen LogP contribution < -0.4 is 24.6 Å². The van der Waals surface area contributed by atoms with E-state index in [1.807, 2.05) is 76.2 Å². The summed E-state index contributed by atoms with van der Waals surface area (Å²) in [6.07, 6.45) is 0.971. The van der Waals surface area contributed by atoms with Crippen LogP contribution in [0.3, 0.4) is 0 Å². The lowest BCUT2D eigenvalue weighted by Crippen LogP contribution is -2.58. The Morgan fingerprint density at radius 1 is 0.891 bits per heavy atom. The Morgan fingerprint density at radius 3 is 2.22 bits per heavy atom. The average molecular weight is 901 g/mol. The van der Waals surface area contributed by atoms with E-state index < -0.39 is 67.0 Å². The van der Waals surface area contributed by atoms with Crippen LogP contribution in [0.2, 0.25) is 0 Å². The molecule has 2 N–H and O–H groups in total. The minimum atomic E-state index is -4.42. The highest BCUT2D eigenvalue weighted by molar-refractivity contribution is 7.55. The van der Waals surface area contributed by atoms with E-state index in [1.165, 1.54) is 11.8 Å². The number of hydrogen-bond donors (Lipinski definition) is 2. The summed E-state index contributed by atoms with van der Waals surface area (Å²) < 4.78 is 50.3. The summed E-state index contributed by atoms with van der Waals surface area (Å²) >= 11 is 0. The molecule has 1 saturated heterocycles. The van der Waals surface area contributed by atoms with Gasteiger partial charge in [-0.3, -0.25) is 14.1 Å². The van der Waals surface area contributed by atoms with Gasteiger partial charge >= 0.3 is 19.7 Å². The maximum Gasteiger partial charge on any atom is 0.408 e. The second-order valence-corrected chi connectivity index (χ2v) is 19.3. The number of nitrogens with zero attached hydrogens (tertiary/aromatic N) is 2. The highest BCUT2D eigenvalue weighted by Crippen LogP contribution is 2.54. The second kappa shape index (κ2) is 21.3. The van der Waals surface area contributed by atoms with Crippen molar-refractivity contribution in [3.63, 3.8) is 0 Å². The Hall–Kier alpha value is -5.66. The second-order valence-electron chi connectivity index (χ2n) is 17.2. The molecule has 3 amide bonds. The van der Waals surface area contributed by atoms with Crippen molar-refractivity contribution in [2.24, 2.45) is 5.41 Å². The number of carbonyl (C=O) groups excluding carboxylic acids is 4. The molecule has 3 aromatic carbocycles. The molecule has 0 spiro atoms. The number of aromatic nitrogens is 1. The van der Waals surface area contributed by atoms with Crippen LogP contribution in [0.5, 0.6) is 17.2 Å². The molecule has 4 aromatic rings. The van der Waals surface area contributed by atoms with E-state index in [-0.39, 0.29) is 37.8 Å². The molecule has 2 heterocycles. The van der Waals surface area contributed by atoms with Crippen molar-refractivity contribution in [2.75, 3.05) is 20.3 Å². The molecule has 1 aliphatic heterocycles. The first-order valence-corrected chi connectivity index (χ1v) is 23.7. The van der Waals surface area contributed by atoms with E-state index in [9.17, 15) is 19.2 Å². The molecule has 2 aliphatic rings. The van der Waals surface area contributed by atoms with Crippen molar-refractivity contribution in [1.82, 2.24) is 20.5 Å². The van der Waals surface area contributed by atoms with E-state index in [2.05, 4.69) is 10.6 Å². The molecule has 0 radical (unpaired) electrons. The zero-order chi connectivity index (χ0) is 46.0. The van der Waals surface area contributed by atoms with E-state index in [0.29, 0.717) is 34.5 Å². The van der Waals surface area contributed by atoms with Crippen molar-refractivity contribution in [2.45, 2.75) is 123 Å². The first-order valence-electron chi connectivity index (χ1n) is 22.1. The number of hydrogen-bond acceptors (Lipinski definition) is 12. The van der Waals surface area contributed by atoms with E-state index in [1.54, 1.807) is 50.4 Å². The summed E-state index contributed by atoms with van der Waals surface area (Å²) in [5, 5.41) is 6.43. The first kappa shape index (κ1) is 47.8. The number of para-hydroxylation sites is 1. The zero-order valence-electron chi connectivity index (χ0n) is 37.7. The van der Waals surface area contributed by atoms with Gasteiger partial charge in [0.1, 0.15) is 47.3 Å². The summed E-state index contributed by atoms with van der Waals surface area (Å²) in [6, 6.07) is 23.0. The number of ether oxygens (including phenoxy) is 4. The SMILES string of the molecule is CCCC(NC(=O)[C@@H]1C[C@@H](Oc2cc(-c3ccccc3)nc3cc(OC)ccc23)CN1C(=O)[C@@H](NC(=O)OC1CCCC1)C(C)(C)C)P(=O)(Oc1ccccc1)OC(C)C(=O)OCC. The van der Waals surface area contributed by atoms with E-state index in [0.717, 1.165) is 31.2 Å². The first-order chi connectivity index (χ1) is 30.6. The molecule has 15 nitrogen and oxygen atoms in total. The lowest BCUT2D eigenvalue weighted by molar-refractivity contribution is -0.150. The normalized spacial score (nSPS) is 18.9. The molecule has 0 bridgehead atoms. The number of pyridine rings is 1. The molecule has 6 atom stereocenters. The van der Waals surface area contributed by atoms with Crippen molar-refractivity contribution in [1.29, 1.82) is 0 Å². The number of carbonyl (C=O) groups is 4. The molecule has 16 heteroatoms. The Bertz CT molecular complexity index is 2280. The molecular formula is C48H61N4O11P. The smallest absolute Gasteiger partial charge is 0.408 e. The minimum absolute atomic E-state index is 0.0182. The monoisotopic (exact) mass is 900 g/mol. The van der Waals surface area contributed by atoms with Gasteiger partial charge in [-0.15, -0.1) is 0 Å². The van der Waals surface area contributed by atoms with E-state index >= 15 is 4.57 Å². The number of rotatable bonds is 18. The van der Waals surface area contributed by atoms with Crippen LogP contribution in [-0.4, -0.2) is 90.2 Å². The highest BCUT2D eigenvalue weighted by Gasteiger charge is 2.49. The zero-order valence-corrected chi connectivity index (χ0v) is 38.6. The Morgan fingerprint density at radius 2 is 1.58 bits per heavy atom. The fourth-order valence-electron chi connectivity index (χ4n) is 7.99. The number of likely N-dealkylation sites (tertiary alicyclic amines) is 1. The quantitative estimate of drug-likeness (QED) is 0.0717. The predicted molar refractivity (Wildman–Crippen MR) is 242 cm³/mol. The standard InChI is InChI=1S/C48H61N4O11P/c1-8-18-42(64(57,62-31(3)46(55)59-9-2)63-34-23-14-11-15-24-34)50-44(53)40-28-36(30-52(40)45(54)43(48(4,5)6)51-47(56)61-33-21-16-17-22-33)60-41-29-38(32-19-12-10-13-20-32)49-39-27-35(58-7)25-26-37(39)41/h10-15,19-20,23-27,29,31,33,36,40,42-43H,8-9,16-18,21-22,28,30H2,1-7H3,(H,50,53)(H,51,56)/t31?,36-,40+,42?,43-,64?/m1/s1. The van der Waals surface area contributed by atoms with Crippen molar-refractivity contribution in [3.05, 3.63) is 84.9 Å². The van der Waals surface area contributed by atoms with Gasteiger partial charge in [-0.2, -0.15) is 0 Å². The Labute approximate surface area is 375 Å². The summed E-state index contributed by atoms with van der Waals surface area (Å²) in [6.45, 7) is 10.4. The number of fused-ring (bicyclic) bond motifs is 1. The van der Waals surface area contributed by atoms with Crippen LogP contribution in [0, 0.1) is 5.41 Å². The van der Waals surface area contributed by atoms with Gasteiger partial charge in [0, 0.05) is 29.5 Å². The average Bonchev–Trinajstić information content (AvgIpc) is 3.95. The molecule has 3 unspecified atom stereocenters. The summed E-state index contributed by atoms with van der Waals surface area (Å²) in [5.41, 5.74) is 1.28. The third-order valence-corrected chi connectivity index (χ3v) is 13.5. The Balaban J connectivity index is 1.36. The van der Waals surface area contributed by atoms with Gasteiger partial charge in [-0.05, 0) is 75.6 Å². The molecule has 344 valence electrons. The third-order valence-electron chi connectivity index (χ3n) is 11.3. The fraction of sp³-hybridized carbons (Fsp3) is 0.479. The van der Waals surface area contributed by atoms with Crippen LogP contribution in [0.25, 0.3) is 22.2 Å². The van der Waals surface area contributed by atoms with Crippen LogP contribution in [0.15, 0.2) is 84.9 Å². The number of esters is 1. The molecular weight excluding hydrogens is 840 g/mol. The third kappa shape index (κ3) is 11.9. The molecule has 1 aromatic heterocycles. The van der Waals surface area contributed by atoms with Crippen molar-refractivity contribution >= 4 is 42.4 Å².